The van der Waals surface area contributed by atoms with E-state index in [1.54, 1.807) is 0 Å². The summed E-state index contributed by atoms with van der Waals surface area (Å²) in [5.41, 5.74) is 0. The molecule has 12 atom stereocenters. The number of aliphatic hydroxyl groups is 16. The molecule has 88 heavy (non-hydrogen) atoms. The quantitative estimate of drug-likeness (QED) is 0.0199. The minimum Gasteiger partial charge on any atom is -0.416 e. The number of ether oxygens (including phenoxy) is 12. The van der Waals surface area contributed by atoms with Crippen molar-refractivity contribution in [2.45, 2.75) is 149 Å². The average Bonchev–Trinajstić information content (AvgIpc) is 1.16. The predicted molar refractivity (Wildman–Crippen MR) is 319 cm³/mol. The lowest BCUT2D eigenvalue weighted by Gasteiger charge is -2.50. The Morgan fingerprint density at radius 3 is 0.477 bits per heavy atom. The molecule has 1 fully saturated rings. The van der Waals surface area contributed by atoms with Gasteiger partial charge < -0.3 is 155 Å². The molecule has 528 valence electrons. The van der Waals surface area contributed by atoms with Crippen molar-refractivity contribution in [3.05, 3.63) is 0 Å². The second kappa shape index (κ2) is 50.9. The molecule has 0 radical (unpaired) electrons. The molecular weight excluding hydrogens is 1250 g/mol. The third-order valence-electron chi connectivity index (χ3n) is 12.5. The molecule has 1 aliphatic rings. The van der Waals surface area contributed by atoms with Crippen LogP contribution < -0.4 is 0 Å². The molecule has 1 saturated heterocycles. The first-order valence-corrected chi connectivity index (χ1v) is 40.2. The van der Waals surface area contributed by atoms with Crippen molar-refractivity contribution in [2.24, 2.45) is 0 Å². The third-order valence-corrected chi connectivity index (χ3v) is 31.3. The number of rotatable bonds is 60. The van der Waals surface area contributed by atoms with Gasteiger partial charge in [-0.25, -0.2) is 0 Å². The Morgan fingerprint density at radius 2 is 0.341 bits per heavy atom. The Balaban J connectivity index is 3.18. The second-order valence-corrected chi connectivity index (χ2v) is 36.9. The molecule has 0 bridgehead atoms. The van der Waals surface area contributed by atoms with Crippen molar-refractivity contribution in [3.63, 3.8) is 0 Å². The van der Waals surface area contributed by atoms with Crippen LogP contribution in [0.15, 0.2) is 0 Å². The van der Waals surface area contributed by atoms with E-state index in [0.29, 0.717) is 49.9 Å². The van der Waals surface area contributed by atoms with Crippen molar-refractivity contribution in [3.8, 4) is 0 Å². The molecule has 0 amide bonds. The van der Waals surface area contributed by atoms with Crippen molar-refractivity contribution in [1.82, 2.24) is 0 Å². The average molecular weight is 1360 g/mol. The Kier molecular flexibility index (Phi) is 49.5. The van der Waals surface area contributed by atoms with Gasteiger partial charge in [-0.3, -0.25) is 0 Å². The zero-order chi connectivity index (χ0) is 65.7. The highest BCUT2D eigenvalue weighted by Crippen LogP contribution is 2.39. The molecule has 0 aromatic rings. The summed E-state index contributed by atoms with van der Waals surface area (Å²) in [5, 5.41) is 156. The summed E-state index contributed by atoms with van der Waals surface area (Å²) in [5.74, 6) is 0. The maximum Gasteiger partial charge on any atom is 0.317 e. The van der Waals surface area contributed by atoms with Crippen LogP contribution in [0.25, 0.3) is 0 Å². The summed E-state index contributed by atoms with van der Waals surface area (Å²) in [7, 11) is -13.1. The number of aliphatic hydroxyl groups excluding tert-OH is 16. The maximum absolute atomic E-state index is 10.6. The Labute approximate surface area is 521 Å². The zero-order valence-electron chi connectivity index (χ0n) is 52.1. The fourth-order valence-corrected chi connectivity index (χ4v) is 31.7. The summed E-state index contributed by atoms with van der Waals surface area (Å²) in [6.45, 7) is 4.05. The fourth-order valence-electron chi connectivity index (χ4n) is 8.49. The van der Waals surface area contributed by atoms with E-state index in [2.05, 4.69) is 0 Å². The highest BCUT2D eigenvalue weighted by Gasteiger charge is 2.56. The van der Waals surface area contributed by atoms with Crippen LogP contribution in [-0.2, 0) is 73.3 Å². The third kappa shape index (κ3) is 45.8. The van der Waals surface area contributed by atoms with Crippen LogP contribution in [0.2, 0.25) is 50.4 Å². The molecule has 0 spiro atoms. The first-order chi connectivity index (χ1) is 41.8. The van der Waals surface area contributed by atoms with Gasteiger partial charge in [-0.2, -0.15) is 0 Å². The van der Waals surface area contributed by atoms with Gasteiger partial charge in [-0.1, -0.05) is 0 Å². The van der Waals surface area contributed by atoms with Crippen molar-refractivity contribution in [2.75, 3.05) is 185 Å². The highest BCUT2D eigenvalue weighted by atomic mass is 28.5. The largest absolute Gasteiger partial charge is 0.416 e. The minimum atomic E-state index is -3.27. The van der Waals surface area contributed by atoms with Crippen molar-refractivity contribution >= 4 is 34.2 Å². The highest BCUT2D eigenvalue weighted by molar-refractivity contribution is 6.93. The summed E-state index contributed by atoms with van der Waals surface area (Å²) in [4.78, 5) is 0. The second-order valence-electron chi connectivity index (χ2n) is 22.5. The Morgan fingerprint density at radius 1 is 0.216 bits per heavy atom. The molecule has 1 aliphatic heterocycles. The standard InChI is InChI=1S/C52H112O32Si4/c1-85(13-5-9-69-25-45(61)29-77-37-49(65)33-73-21-41(57)17-53)81-86(2,14-6-10-70-26-46(62)30-78-38-50(66)34-74-22-42(58)18-54)83-88(4,16-8-12-72-28-48(64)32-80-40-52(68)36-76-24-44(60)20-56)84-87(3,82-85)15-7-11-71-27-47(63)31-79-39-51(67)35-75-23-43(59)19-55/h41-68H,5-40H2,1-4H3. The molecule has 16 N–H and O–H groups in total. The van der Waals surface area contributed by atoms with Crippen LogP contribution in [0.1, 0.15) is 25.7 Å². The van der Waals surface area contributed by atoms with Gasteiger partial charge in [0.25, 0.3) is 0 Å². The van der Waals surface area contributed by atoms with Crippen LogP contribution in [0.3, 0.4) is 0 Å². The SMILES string of the molecule is C[Si]1(CCCOCC(O)COCC(O)COCC(O)CO)O[Si](C)(CCCOCC(O)COCC(O)COCC(O)CO)O[Si](C)(CCCOCC(O)COCC(O)COCC(O)CO)O[Si](C)(CCCOCC(O)COCC(O)COCC(O)CO)O1. The summed E-state index contributed by atoms with van der Waals surface area (Å²) < 4.78 is 94.7. The molecule has 36 heteroatoms. The molecule has 0 aromatic heterocycles. The summed E-state index contributed by atoms with van der Waals surface area (Å²) in [6.07, 6.45) is -10.7. The lowest BCUT2D eigenvalue weighted by Crippen LogP contribution is -2.67. The first-order valence-electron chi connectivity index (χ1n) is 30.1. The fraction of sp³-hybridized carbons (Fsp3) is 1.00. The molecule has 1 rings (SSSR count). The molecule has 0 aromatic carbocycles. The van der Waals surface area contributed by atoms with E-state index in [1.165, 1.54) is 0 Å². The van der Waals surface area contributed by atoms with Gasteiger partial charge in [0.2, 0.25) is 0 Å². The van der Waals surface area contributed by atoms with Gasteiger partial charge in [0.05, 0.1) is 159 Å². The van der Waals surface area contributed by atoms with Gasteiger partial charge in [-0.05, 0) is 76.0 Å². The number of hydrogen-bond donors (Lipinski definition) is 16. The van der Waals surface area contributed by atoms with Gasteiger partial charge in [-0.15, -0.1) is 0 Å². The molecule has 0 saturated carbocycles. The molecule has 1 heterocycles. The van der Waals surface area contributed by atoms with Crippen LogP contribution in [0.5, 0.6) is 0 Å². The molecular formula is C52H112O32Si4. The van der Waals surface area contributed by atoms with E-state index >= 15 is 0 Å². The van der Waals surface area contributed by atoms with E-state index in [9.17, 15) is 61.3 Å². The van der Waals surface area contributed by atoms with Crippen LogP contribution >= 0.6 is 0 Å². The molecule has 0 aliphatic carbocycles. The van der Waals surface area contributed by atoms with Gasteiger partial charge in [0.15, 0.2) is 0 Å². The minimum absolute atomic E-state index is 0.0770. The predicted octanol–water partition coefficient (Wildman–Crippen LogP) is -5.59. The Hall–Kier alpha value is -0.412. The number of hydrogen-bond acceptors (Lipinski definition) is 32. The zero-order valence-corrected chi connectivity index (χ0v) is 56.1. The Bertz CT molecular complexity index is 1390. The van der Waals surface area contributed by atoms with E-state index in [4.69, 9.17) is 93.7 Å². The lowest BCUT2D eigenvalue weighted by molar-refractivity contribution is -0.0675. The molecule has 12 unspecified atom stereocenters. The smallest absolute Gasteiger partial charge is 0.317 e. The molecule has 32 nitrogen and oxygen atoms in total. The normalized spacial score (nSPS) is 24.4. The van der Waals surface area contributed by atoms with E-state index in [1.807, 2.05) is 26.2 Å². The van der Waals surface area contributed by atoms with E-state index in [-0.39, 0.29) is 159 Å². The van der Waals surface area contributed by atoms with Gasteiger partial charge >= 0.3 is 34.2 Å². The maximum atomic E-state index is 10.6. The van der Waals surface area contributed by atoms with Crippen molar-refractivity contribution < 1.29 is 155 Å². The van der Waals surface area contributed by atoms with Crippen LogP contribution in [-0.4, -0.2) is 374 Å². The topological polar surface area (TPSA) is 471 Å². The van der Waals surface area contributed by atoms with E-state index < -0.39 is 134 Å². The van der Waals surface area contributed by atoms with Crippen LogP contribution in [0.4, 0.5) is 0 Å². The van der Waals surface area contributed by atoms with Crippen LogP contribution in [0, 0.1) is 0 Å². The monoisotopic (exact) mass is 1360 g/mol. The van der Waals surface area contributed by atoms with Crippen molar-refractivity contribution in [1.29, 1.82) is 0 Å². The lowest BCUT2D eigenvalue weighted by atomic mass is 10.4. The van der Waals surface area contributed by atoms with Gasteiger partial charge in [0.1, 0.15) is 73.2 Å². The summed E-state index contributed by atoms with van der Waals surface area (Å²) in [6, 6.07) is 1.71. The first kappa shape index (κ1) is 85.6. The van der Waals surface area contributed by atoms with E-state index in [0.717, 1.165) is 0 Å². The summed E-state index contributed by atoms with van der Waals surface area (Å²) >= 11 is 0. The van der Waals surface area contributed by atoms with Gasteiger partial charge in [0, 0.05) is 26.4 Å².